The highest BCUT2D eigenvalue weighted by molar-refractivity contribution is 7.17. The van der Waals surface area contributed by atoms with Gasteiger partial charge < -0.3 is 10.4 Å². The standard InChI is InChI=1S/C13H15F2NOS/c1-2-16-11(13(14)15)12(17)9-3-4-10-8(7-9)5-6-18-10/h3-7,11-13,16-17H,2H2,1H3. The molecule has 5 heteroatoms. The average molecular weight is 271 g/mol. The van der Waals surface area contributed by atoms with E-state index in [0.717, 1.165) is 10.1 Å². The highest BCUT2D eigenvalue weighted by atomic mass is 32.1. The van der Waals surface area contributed by atoms with Crippen LogP contribution in [0.25, 0.3) is 10.1 Å². The summed E-state index contributed by atoms with van der Waals surface area (Å²) in [5, 5.41) is 15.6. The van der Waals surface area contributed by atoms with E-state index in [2.05, 4.69) is 5.32 Å². The molecule has 2 unspecified atom stereocenters. The van der Waals surface area contributed by atoms with Crippen LogP contribution < -0.4 is 5.32 Å². The first-order chi connectivity index (χ1) is 8.63. The number of benzene rings is 1. The van der Waals surface area contributed by atoms with Gasteiger partial charge in [0.2, 0.25) is 0 Å². The minimum absolute atomic E-state index is 0.396. The molecule has 0 saturated heterocycles. The Labute approximate surface area is 108 Å². The van der Waals surface area contributed by atoms with Gasteiger partial charge in [-0.3, -0.25) is 0 Å². The van der Waals surface area contributed by atoms with E-state index in [1.165, 1.54) is 0 Å². The van der Waals surface area contributed by atoms with Crippen LogP contribution in [0.15, 0.2) is 29.6 Å². The van der Waals surface area contributed by atoms with Crippen molar-refractivity contribution in [2.75, 3.05) is 6.54 Å². The van der Waals surface area contributed by atoms with Crippen LogP contribution in [0.1, 0.15) is 18.6 Å². The van der Waals surface area contributed by atoms with Gasteiger partial charge in [-0.1, -0.05) is 13.0 Å². The van der Waals surface area contributed by atoms with Crippen LogP contribution in [0.5, 0.6) is 0 Å². The smallest absolute Gasteiger partial charge is 0.256 e. The van der Waals surface area contributed by atoms with E-state index in [9.17, 15) is 13.9 Å². The van der Waals surface area contributed by atoms with Crippen molar-refractivity contribution in [1.82, 2.24) is 5.32 Å². The monoisotopic (exact) mass is 271 g/mol. The minimum atomic E-state index is -2.60. The molecule has 1 aromatic heterocycles. The molecule has 0 radical (unpaired) electrons. The second-order valence-corrected chi connectivity index (χ2v) is 5.03. The van der Waals surface area contributed by atoms with Crippen molar-refractivity contribution < 1.29 is 13.9 Å². The third-order valence-electron chi connectivity index (χ3n) is 2.87. The number of likely N-dealkylation sites (N-methyl/N-ethyl adjacent to an activating group) is 1. The summed E-state index contributed by atoms with van der Waals surface area (Å²) in [6.07, 6.45) is -3.80. The lowest BCUT2D eigenvalue weighted by molar-refractivity contribution is 0.0182. The summed E-state index contributed by atoms with van der Waals surface area (Å²) < 4.78 is 26.8. The van der Waals surface area contributed by atoms with Gasteiger partial charge in [0.25, 0.3) is 6.43 Å². The van der Waals surface area contributed by atoms with Crippen LogP contribution in [-0.4, -0.2) is 24.1 Å². The van der Waals surface area contributed by atoms with E-state index >= 15 is 0 Å². The molecule has 2 atom stereocenters. The van der Waals surface area contributed by atoms with Gasteiger partial charge in [-0.15, -0.1) is 11.3 Å². The molecule has 2 rings (SSSR count). The van der Waals surface area contributed by atoms with Crippen molar-refractivity contribution in [2.45, 2.75) is 25.5 Å². The zero-order valence-electron chi connectivity index (χ0n) is 9.94. The maximum atomic E-state index is 12.9. The normalized spacial score (nSPS) is 15.2. The van der Waals surface area contributed by atoms with E-state index in [0.29, 0.717) is 12.1 Å². The van der Waals surface area contributed by atoms with Crippen molar-refractivity contribution in [3.8, 4) is 0 Å². The van der Waals surface area contributed by atoms with Gasteiger partial charge in [0, 0.05) is 4.70 Å². The molecule has 0 amide bonds. The zero-order chi connectivity index (χ0) is 13.1. The van der Waals surface area contributed by atoms with E-state index < -0.39 is 18.6 Å². The number of alkyl halides is 2. The van der Waals surface area contributed by atoms with Gasteiger partial charge in [0.05, 0.1) is 12.1 Å². The Bertz CT molecular complexity index is 514. The number of halogens is 2. The molecule has 2 aromatic rings. The SMILES string of the molecule is CCNC(C(F)F)C(O)c1ccc2sccc2c1. The second-order valence-electron chi connectivity index (χ2n) is 4.08. The Balaban J connectivity index is 2.27. The van der Waals surface area contributed by atoms with Crippen LogP contribution in [0, 0.1) is 0 Å². The number of thiophene rings is 1. The first-order valence-corrected chi connectivity index (χ1v) is 6.68. The summed E-state index contributed by atoms with van der Waals surface area (Å²) in [7, 11) is 0. The molecule has 18 heavy (non-hydrogen) atoms. The number of nitrogens with one attached hydrogen (secondary N) is 1. The summed E-state index contributed by atoms with van der Waals surface area (Å²) in [5.74, 6) is 0. The largest absolute Gasteiger partial charge is 0.387 e. The highest BCUT2D eigenvalue weighted by Gasteiger charge is 2.28. The Hall–Kier alpha value is -1.04. The van der Waals surface area contributed by atoms with E-state index in [1.54, 1.807) is 30.4 Å². The Morgan fingerprint density at radius 3 is 2.78 bits per heavy atom. The van der Waals surface area contributed by atoms with Crippen LogP contribution in [0.4, 0.5) is 8.78 Å². The molecule has 1 aromatic carbocycles. The quantitative estimate of drug-likeness (QED) is 0.875. The summed E-state index contributed by atoms with van der Waals surface area (Å²) in [6, 6.07) is 6.01. The molecule has 0 aliphatic heterocycles. The molecule has 0 spiro atoms. The third kappa shape index (κ3) is 2.68. The van der Waals surface area contributed by atoms with Crippen LogP contribution in [-0.2, 0) is 0 Å². The van der Waals surface area contributed by atoms with Crippen LogP contribution in [0.2, 0.25) is 0 Å². The lowest BCUT2D eigenvalue weighted by Crippen LogP contribution is -2.40. The van der Waals surface area contributed by atoms with Gasteiger partial charge in [-0.2, -0.15) is 0 Å². The van der Waals surface area contributed by atoms with Gasteiger partial charge in [0.1, 0.15) is 0 Å². The molecule has 0 fully saturated rings. The van der Waals surface area contributed by atoms with Gasteiger partial charge in [-0.05, 0) is 41.1 Å². The number of hydrogen-bond donors (Lipinski definition) is 2. The summed E-state index contributed by atoms with van der Waals surface area (Å²) in [6.45, 7) is 2.14. The average Bonchev–Trinajstić information content (AvgIpc) is 2.81. The number of hydrogen-bond acceptors (Lipinski definition) is 3. The summed E-state index contributed by atoms with van der Waals surface area (Å²) in [4.78, 5) is 0. The molecule has 0 saturated carbocycles. The number of fused-ring (bicyclic) bond motifs is 1. The van der Waals surface area contributed by atoms with Crippen molar-refractivity contribution in [2.24, 2.45) is 0 Å². The molecule has 2 nitrogen and oxygen atoms in total. The predicted molar refractivity (Wildman–Crippen MR) is 70.3 cm³/mol. The summed E-state index contributed by atoms with van der Waals surface area (Å²) in [5.41, 5.74) is 0.521. The van der Waals surface area contributed by atoms with E-state index in [-0.39, 0.29) is 0 Å². The van der Waals surface area contributed by atoms with Gasteiger partial charge >= 0.3 is 0 Å². The predicted octanol–water partition coefficient (Wildman–Crippen LogP) is 3.18. The molecule has 1 heterocycles. The van der Waals surface area contributed by atoms with E-state index in [1.807, 2.05) is 17.5 Å². The molecule has 98 valence electrons. The Kier molecular flexibility index (Phi) is 4.27. The number of aliphatic hydroxyl groups excluding tert-OH is 1. The van der Waals surface area contributed by atoms with E-state index in [4.69, 9.17) is 0 Å². The number of rotatable bonds is 5. The number of aliphatic hydroxyl groups is 1. The van der Waals surface area contributed by atoms with Crippen molar-refractivity contribution >= 4 is 21.4 Å². The fourth-order valence-electron chi connectivity index (χ4n) is 1.95. The Morgan fingerprint density at radius 2 is 2.11 bits per heavy atom. The molecule has 0 aliphatic rings. The molecular weight excluding hydrogens is 256 g/mol. The lowest BCUT2D eigenvalue weighted by Gasteiger charge is -2.23. The first-order valence-electron chi connectivity index (χ1n) is 5.80. The second kappa shape index (κ2) is 5.73. The maximum absolute atomic E-state index is 12.9. The maximum Gasteiger partial charge on any atom is 0.256 e. The lowest BCUT2D eigenvalue weighted by atomic mass is 10.0. The topological polar surface area (TPSA) is 32.3 Å². The van der Waals surface area contributed by atoms with Crippen molar-refractivity contribution in [3.05, 3.63) is 35.2 Å². The minimum Gasteiger partial charge on any atom is -0.387 e. The highest BCUT2D eigenvalue weighted by Crippen LogP contribution is 2.27. The third-order valence-corrected chi connectivity index (χ3v) is 3.77. The van der Waals surface area contributed by atoms with Gasteiger partial charge in [-0.25, -0.2) is 8.78 Å². The molecule has 0 bridgehead atoms. The van der Waals surface area contributed by atoms with Crippen molar-refractivity contribution in [1.29, 1.82) is 0 Å². The molecule has 0 aliphatic carbocycles. The van der Waals surface area contributed by atoms with Gasteiger partial charge in [0.15, 0.2) is 0 Å². The fraction of sp³-hybridized carbons (Fsp3) is 0.385. The molecular formula is C13H15F2NOS. The molecule has 2 N–H and O–H groups in total. The first kappa shape index (κ1) is 13.4. The van der Waals surface area contributed by atoms with Crippen LogP contribution >= 0.6 is 11.3 Å². The Morgan fingerprint density at radius 1 is 1.33 bits per heavy atom. The zero-order valence-corrected chi connectivity index (χ0v) is 10.8. The summed E-state index contributed by atoms with van der Waals surface area (Å²) >= 11 is 1.59. The van der Waals surface area contributed by atoms with Crippen molar-refractivity contribution in [3.63, 3.8) is 0 Å². The fourth-order valence-corrected chi connectivity index (χ4v) is 2.72. The van der Waals surface area contributed by atoms with Crippen LogP contribution in [0.3, 0.4) is 0 Å².